The third kappa shape index (κ3) is 2.44. The first-order valence-corrected chi connectivity index (χ1v) is 10.5. The summed E-state index contributed by atoms with van der Waals surface area (Å²) in [5, 5.41) is 45.3. The summed E-state index contributed by atoms with van der Waals surface area (Å²) in [7, 11) is 1.52. The summed E-state index contributed by atoms with van der Waals surface area (Å²) >= 11 is 0. The molecule has 0 aromatic carbocycles. The van der Waals surface area contributed by atoms with E-state index in [1.807, 2.05) is 13.0 Å². The molecule has 1 unspecified atom stereocenters. The van der Waals surface area contributed by atoms with Gasteiger partial charge in [0.2, 0.25) is 0 Å². The van der Waals surface area contributed by atoms with Gasteiger partial charge < -0.3 is 25.6 Å². The van der Waals surface area contributed by atoms with Crippen LogP contribution in [0.3, 0.4) is 0 Å². The Morgan fingerprint density at radius 3 is 2.54 bits per heavy atom. The number of aliphatic hydroxyl groups is 3. The molecule has 6 heteroatoms. The van der Waals surface area contributed by atoms with Crippen molar-refractivity contribution in [1.29, 1.82) is 5.41 Å². The molecule has 0 heterocycles. The lowest BCUT2D eigenvalue weighted by Crippen LogP contribution is -2.60. The summed E-state index contributed by atoms with van der Waals surface area (Å²) in [6, 6.07) is 0. The molecular formula is C22H34N2O4. The van der Waals surface area contributed by atoms with Gasteiger partial charge in [0.1, 0.15) is 7.11 Å². The van der Waals surface area contributed by atoms with Gasteiger partial charge in [0.25, 0.3) is 0 Å². The summed E-state index contributed by atoms with van der Waals surface area (Å²) in [6.45, 7) is 6.17. The van der Waals surface area contributed by atoms with E-state index in [9.17, 15) is 15.3 Å². The van der Waals surface area contributed by atoms with Crippen LogP contribution < -0.4 is 0 Å². The lowest BCUT2D eigenvalue weighted by Gasteiger charge is -2.60. The minimum atomic E-state index is -0.966. The largest absolute Gasteiger partial charge is 0.399 e. The molecule has 0 aromatic rings. The first kappa shape index (κ1) is 20.0. The number of nitrogens with zero attached hydrogens (tertiary/aromatic N) is 1. The molecule has 4 aliphatic rings. The topological polar surface area (TPSA) is 106 Å². The molecule has 156 valence electrons. The van der Waals surface area contributed by atoms with Crippen molar-refractivity contribution in [2.24, 2.45) is 33.7 Å². The molecule has 0 saturated heterocycles. The standard InChI is InChI=1S/C22H34N2O4/c1-12(23)13-6-8-22(27)15-9-17(24-28-4)16-10-18(25)19(26)11-20(16,2)14(15)5-7-21(13,22)3/h9,13-14,16,18-19,23,25-27H,5-8,10-11H2,1-4H3/b23-12?,24-17+/t13-,14?,16+,18-,19+,20-,21-,22-/m1/s1. The van der Waals surface area contributed by atoms with Gasteiger partial charge in [-0.25, -0.2) is 0 Å². The van der Waals surface area contributed by atoms with Crippen LogP contribution in [0.4, 0.5) is 0 Å². The van der Waals surface area contributed by atoms with Crippen molar-refractivity contribution in [3.63, 3.8) is 0 Å². The van der Waals surface area contributed by atoms with E-state index in [4.69, 9.17) is 10.2 Å². The van der Waals surface area contributed by atoms with Crippen LogP contribution in [0.15, 0.2) is 16.8 Å². The van der Waals surface area contributed by atoms with E-state index < -0.39 is 17.8 Å². The smallest absolute Gasteiger partial charge is 0.106 e. The number of aliphatic hydroxyl groups excluding tert-OH is 2. The van der Waals surface area contributed by atoms with Crippen LogP contribution in [0.25, 0.3) is 0 Å². The maximum absolute atomic E-state index is 12.0. The van der Waals surface area contributed by atoms with Gasteiger partial charge in [-0.2, -0.15) is 0 Å². The van der Waals surface area contributed by atoms with Crippen molar-refractivity contribution in [1.82, 2.24) is 0 Å². The maximum atomic E-state index is 12.0. The van der Waals surface area contributed by atoms with Gasteiger partial charge in [-0.05, 0) is 68.4 Å². The fraction of sp³-hybridized carbons (Fsp3) is 0.818. The normalized spacial score (nSPS) is 51.8. The Morgan fingerprint density at radius 1 is 1.18 bits per heavy atom. The zero-order valence-corrected chi connectivity index (χ0v) is 17.4. The number of nitrogens with one attached hydrogen (secondary N) is 1. The lowest BCUT2D eigenvalue weighted by atomic mass is 9.46. The molecule has 0 bridgehead atoms. The summed E-state index contributed by atoms with van der Waals surface area (Å²) in [6.07, 6.45) is 4.71. The molecule has 0 aliphatic heterocycles. The van der Waals surface area contributed by atoms with Crippen molar-refractivity contribution in [3.05, 3.63) is 11.6 Å². The lowest BCUT2D eigenvalue weighted by molar-refractivity contribution is -0.116. The van der Waals surface area contributed by atoms with Crippen LogP contribution in [0, 0.1) is 34.0 Å². The highest BCUT2D eigenvalue weighted by Crippen LogP contribution is 2.67. The molecule has 8 atom stereocenters. The zero-order valence-electron chi connectivity index (χ0n) is 17.4. The molecular weight excluding hydrogens is 356 g/mol. The second-order valence-corrected chi connectivity index (χ2v) is 10.1. The highest BCUT2D eigenvalue weighted by atomic mass is 16.6. The Labute approximate surface area is 167 Å². The van der Waals surface area contributed by atoms with Crippen molar-refractivity contribution >= 4 is 11.4 Å². The molecule has 3 fully saturated rings. The van der Waals surface area contributed by atoms with Gasteiger partial charge in [-0.3, -0.25) is 0 Å². The predicted octanol–water partition coefficient (Wildman–Crippen LogP) is 2.66. The van der Waals surface area contributed by atoms with E-state index >= 15 is 0 Å². The quantitative estimate of drug-likeness (QED) is 0.430. The van der Waals surface area contributed by atoms with Gasteiger partial charge in [-0.15, -0.1) is 0 Å². The number of oxime groups is 1. The molecule has 0 spiro atoms. The average molecular weight is 391 g/mol. The van der Waals surface area contributed by atoms with Gasteiger partial charge in [-0.1, -0.05) is 19.0 Å². The zero-order chi connectivity index (χ0) is 20.5. The van der Waals surface area contributed by atoms with Crippen LogP contribution in [0.2, 0.25) is 0 Å². The summed E-state index contributed by atoms with van der Waals surface area (Å²) < 4.78 is 0. The highest BCUT2D eigenvalue weighted by Gasteiger charge is 2.66. The third-order valence-electron chi connectivity index (χ3n) is 8.86. The molecule has 6 nitrogen and oxygen atoms in total. The van der Waals surface area contributed by atoms with Crippen molar-refractivity contribution < 1.29 is 20.2 Å². The molecule has 4 N–H and O–H groups in total. The van der Waals surface area contributed by atoms with Gasteiger partial charge in [0.05, 0.1) is 23.5 Å². The molecule has 0 radical (unpaired) electrons. The summed E-state index contributed by atoms with van der Waals surface area (Å²) in [5.41, 5.74) is 0.814. The molecule has 3 saturated carbocycles. The minimum Gasteiger partial charge on any atom is -0.399 e. The second-order valence-electron chi connectivity index (χ2n) is 10.1. The van der Waals surface area contributed by atoms with E-state index in [0.29, 0.717) is 25.0 Å². The summed E-state index contributed by atoms with van der Waals surface area (Å²) in [5.74, 6) is 0.221. The Hall–Kier alpha value is -1.24. The first-order valence-electron chi connectivity index (χ1n) is 10.5. The number of rotatable bonds is 2. The number of allylic oxidation sites excluding steroid dienone is 1. The number of hydrogen-bond donors (Lipinski definition) is 4. The SMILES string of the molecule is CO/N=C1\C=C2C(CC[C@]3(C)[C@@H](C(C)=N)CC[C@@]23O)[C@@]2(C)C[C@H](O)[C@H](O)C[C@@H]12. The van der Waals surface area contributed by atoms with Crippen molar-refractivity contribution in [2.45, 2.75) is 77.1 Å². The maximum Gasteiger partial charge on any atom is 0.106 e. The van der Waals surface area contributed by atoms with Crippen molar-refractivity contribution in [3.8, 4) is 0 Å². The first-order chi connectivity index (χ1) is 13.1. The molecule has 0 aromatic heterocycles. The Morgan fingerprint density at radius 2 is 1.89 bits per heavy atom. The van der Waals surface area contributed by atoms with Gasteiger partial charge in [0, 0.05) is 23.0 Å². The number of fused-ring (bicyclic) bond motifs is 5. The Bertz CT molecular complexity index is 749. The van der Waals surface area contributed by atoms with Crippen LogP contribution in [0.1, 0.15) is 59.3 Å². The van der Waals surface area contributed by atoms with E-state index in [1.165, 1.54) is 7.11 Å². The predicted molar refractivity (Wildman–Crippen MR) is 107 cm³/mol. The average Bonchev–Trinajstić information content (AvgIpc) is 2.89. The van der Waals surface area contributed by atoms with E-state index in [0.717, 1.165) is 30.5 Å². The van der Waals surface area contributed by atoms with Crippen LogP contribution >= 0.6 is 0 Å². The highest BCUT2D eigenvalue weighted by molar-refractivity contribution is 5.99. The molecule has 4 rings (SSSR count). The van der Waals surface area contributed by atoms with Crippen LogP contribution in [-0.2, 0) is 4.84 Å². The Kier molecular flexibility index (Phi) is 4.57. The molecule has 28 heavy (non-hydrogen) atoms. The van der Waals surface area contributed by atoms with E-state index in [2.05, 4.69) is 19.0 Å². The van der Waals surface area contributed by atoms with Gasteiger partial charge >= 0.3 is 0 Å². The fourth-order valence-corrected chi connectivity index (χ4v) is 7.28. The second kappa shape index (κ2) is 6.38. The van der Waals surface area contributed by atoms with Crippen LogP contribution in [0.5, 0.6) is 0 Å². The Balaban J connectivity index is 1.85. The van der Waals surface area contributed by atoms with Crippen LogP contribution in [-0.4, -0.2) is 51.7 Å². The number of hydrogen-bond acceptors (Lipinski definition) is 6. The third-order valence-corrected chi connectivity index (χ3v) is 8.86. The van der Waals surface area contributed by atoms with E-state index in [1.54, 1.807) is 0 Å². The van der Waals surface area contributed by atoms with Crippen molar-refractivity contribution in [2.75, 3.05) is 7.11 Å². The monoisotopic (exact) mass is 390 g/mol. The summed E-state index contributed by atoms with van der Waals surface area (Å²) in [4.78, 5) is 5.13. The van der Waals surface area contributed by atoms with E-state index in [-0.39, 0.29) is 28.6 Å². The molecule has 0 amide bonds. The molecule has 4 aliphatic carbocycles. The van der Waals surface area contributed by atoms with Gasteiger partial charge in [0.15, 0.2) is 0 Å². The fourth-order valence-electron chi connectivity index (χ4n) is 7.28. The minimum absolute atomic E-state index is 0.00534.